The number of ether oxygens (including phenoxy) is 2. The predicted molar refractivity (Wildman–Crippen MR) is 136 cm³/mol. The Hall–Kier alpha value is -3.02. The Morgan fingerprint density at radius 2 is 1.76 bits per heavy atom. The number of carboxylic acid groups (broad SMARTS) is 1. The lowest BCUT2D eigenvalue weighted by molar-refractivity contribution is -0.136. The minimum Gasteiger partial charge on any atom is -0.497 e. The van der Waals surface area contributed by atoms with Crippen LogP contribution in [0.5, 0.6) is 11.5 Å². The maximum absolute atomic E-state index is 13.3. The second-order valence-electron chi connectivity index (χ2n) is 9.75. The highest BCUT2D eigenvalue weighted by atomic mass is 16.5. The molecule has 6 nitrogen and oxygen atoms in total. The van der Waals surface area contributed by atoms with Crippen LogP contribution in [0.3, 0.4) is 0 Å². The lowest BCUT2D eigenvalue weighted by Crippen LogP contribution is -2.21. The number of rotatable bonds is 12. The van der Waals surface area contributed by atoms with Crippen LogP contribution >= 0.6 is 0 Å². The molecule has 34 heavy (non-hydrogen) atoms. The number of unbranched alkanes of at least 4 members (excludes halogenated alkanes) is 2. The molecule has 1 unspecified atom stereocenters. The number of benzene rings is 2. The van der Waals surface area contributed by atoms with E-state index in [1.54, 1.807) is 20.3 Å². The smallest absolute Gasteiger partial charge is 0.307 e. The van der Waals surface area contributed by atoms with Crippen molar-refractivity contribution in [3.05, 3.63) is 53.1 Å². The second kappa shape index (κ2) is 12.4. The van der Waals surface area contributed by atoms with Gasteiger partial charge in [0.15, 0.2) is 0 Å². The topological polar surface area (TPSA) is 84.9 Å². The molecule has 0 bridgehead atoms. The van der Waals surface area contributed by atoms with E-state index in [0.29, 0.717) is 29.2 Å². The van der Waals surface area contributed by atoms with Gasteiger partial charge in [0.25, 0.3) is 0 Å². The van der Waals surface area contributed by atoms with Gasteiger partial charge in [-0.3, -0.25) is 9.59 Å². The minimum absolute atomic E-state index is 0.00676. The molecule has 0 radical (unpaired) electrons. The van der Waals surface area contributed by atoms with E-state index in [-0.39, 0.29) is 23.7 Å². The zero-order valence-corrected chi connectivity index (χ0v) is 21.4. The van der Waals surface area contributed by atoms with Crippen LogP contribution in [0.25, 0.3) is 0 Å². The molecule has 0 aliphatic rings. The summed E-state index contributed by atoms with van der Waals surface area (Å²) in [5.41, 5.74) is 3.09. The normalized spacial score (nSPS) is 12.2. The summed E-state index contributed by atoms with van der Waals surface area (Å²) in [7, 11) is 3.25. The third-order valence-electron chi connectivity index (χ3n) is 5.99. The predicted octanol–water partition coefficient (Wildman–Crippen LogP) is 6.32. The highest BCUT2D eigenvalue weighted by Crippen LogP contribution is 2.36. The molecule has 1 atom stereocenters. The number of carbonyl (C=O) groups is 2. The summed E-state index contributed by atoms with van der Waals surface area (Å²) in [6.45, 7) is 8.38. The highest BCUT2D eigenvalue weighted by molar-refractivity contribution is 5.92. The van der Waals surface area contributed by atoms with Gasteiger partial charge >= 0.3 is 5.97 Å². The molecule has 0 aliphatic carbocycles. The standard InChI is InChI=1S/C28H39NO5/c1-7-8-9-10-20(22-13-12-21(33-5)18-25(22)34-6)17-26(30)29-24-15-19(16-27(31)32)11-14-23(24)28(2,3)4/h11-15,18,20H,7-10,16-17H2,1-6H3,(H,29,30)(H,31,32). The number of carbonyl (C=O) groups excluding carboxylic acids is 1. The number of carboxylic acids is 1. The summed E-state index contributed by atoms with van der Waals surface area (Å²) in [5, 5.41) is 12.3. The quantitative estimate of drug-likeness (QED) is 0.355. The third-order valence-corrected chi connectivity index (χ3v) is 5.99. The monoisotopic (exact) mass is 469 g/mol. The summed E-state index contributed by atoms with van der Waals surface area (Å²) in [5.74, 6) is 0.420. The first-order chi connectivity index (χ1) is 16.1. The van der Waals surface area contributed by atoms with Gasteiger partial charge in [0.05, 0.1) is 20.6 Å². The van der Waals surface area contributed by atoms with E-state index < -0.39 is 5.97 Å². The van der Waals surface area contributed by atoms with Gasteiger partial charge in [-0.2, -0.15) is 0 Å². The van der Waals surface area contributed by atoms with Gasteiger partial charge in [0, 0.05) is 18.2 Å². The summed E-state index contributed by atoms with van der Waals surface area (Å²) in [6.07, 6.45) is 4.31. The van der Waals surface area contributed by atoms with Crippen molar-refractivity contribution in [2.75, 3.05) is 19.5 Å². The van der Waals surface area contributed by atoms with Crippen LogP contribution < -0.4 is 14.8 Å². The summed E-state index contributed by atoms with van der Waals surface area (Å²) in [6, 6.07) is 11.3. The average molecular weight is 470 g/mol. The average Bonchev–Trinajstić information content (AvgIpc) is 2.77. The number of hydrogen-bond acceptors (Lipinski definition) is 4. The second-order valence-corrected chi connectivity index (χ2v) is 9.75. The van der Waals surface area contributed by atoms with Crippen LogP contribution in [-0.4, -0.2) is 31.2 Å². The van der Waals surface area contributed by atoms with E-state index in [4.69, 9.17) is 9.47 Å². The third kappa shape index (κ3) is 7.79. The Kier molecular flexibility index (Phi) is 9.97. The fraction of sp³-hybridized carbons (Fsp3) is 0.500. The zero-order chi connectivity index (χ0) is 25.3. The van der Waals surface area contributed by atoms with Crippen molar-refractivity contribution >= 4 is 17.6 Å². The first-order valence-corrected chi connectivity index (χ1v) is 12.0. The van der Waals surface area contributed by atoms with Crippen LogP contribution in [0.4, 0.5) is 5.69 Å². The van der Waals surface area contributed by atoms with E-state index in [2.05, 4.69) is 33.0 Å². The number of hydrogen-bond donors (Lipinski definition) is 2. The zero-order valence-electron chi connectivity index (χ0n) is 21.4. The molecular weight excluding hydrogens is 430 g/mol. The molecule has 0 spiro atoms. The largest absolute Gasteiger partial charge is 0.497 e. The molecule has 0 saturated carbocycles. The number of methoxy groups -OCH3 is 2. The Morgan fingerprint density at radius 3 is 2.35 bits per heavy atom. The van der Waals surface area contributed by atoms with E-state index >= 15 is 0 Å². The Bertz CT molecular complexity index is 977. The molecule has 1 amide bonds. The molecule has 2 N–H and O–H groups in total. The molecule has 6 heteroatoms. The molecule has 2 aromatic carbocycles. The number of amides is 1. The van der Waals surface area contributed by atoms with E-state index in [9.17, 15) is 14.7 Å². The first kappa shape index (κ1) is 27.2. The Labute approximate surface area is 203 Å². The Morgan fingerprint density at radius 1 is 1.03 bits per heavy atom. The van der Waals surface area contributed by atoms with Gasteiger partial charge in [-0.1, -0.05) is 65.2 Å². The lowest BCUT2D eigenvalue weighted by atomic mass is 9.84. The molecule has 0 aromatic heterocycles. The fourth-order valence-electron chi connectivity index (χ4n) is 4.22. The van der Waals surface area contributed by atoms with Gasteiger partial charge in [-0.15, -0.1) is 0 Å². The lowest BCUT2D eigenvalue weighted by Gasteiger charge is -2.25. The van der Waals surface area contributed by atoms with E-state index in [1.807, 2.05) is 30.3 Å². The van der Waals surface area contributed by atoms with Crippen molar-refractivity contribution in [3.8, 4) is 11.5 Å². The van der Waals surface area contributed by atoms with Gasteiger partial charge < -0.3 is 19.9 Å². The molecule has 0 heterocycles. The van der Waals surface area contributed by atoms with Gasteiger partial charge in [-0.05, 0) is 46.6 Å². The maximum Gasteiger partial charge on any atom is 0.307 e. The van der Waals surface area contributed by atoms with Crippen molar-refractivity contribution in [2.45, 2.75) is 77.6 Å². The summed E-state index contributed by atoms with van der Waals surface area (Å²) in [4.78, 5) is 24.5. The van der Waals surface area contributed by atoms with Gasteiger partial charge in [0.2, 0.25) is 5.91 Å². The van der Waals surface area contributed by atoms with Crippen LogP contribution in [0.1, 0.15) is 82.4 Å². The number of nitrogens with one attached hydrogen (secondary N) is 1. The fourth-order valence-corrected chi connectivity index (χ4v) is 4.22. The number of aliphatic carboxylic acids is 1. The van der Waals surface area contributed by atoms with Gasteiger partial charge in [-0.25, -0.2) is 0 Å². The van der Waals surface area contributed by atoms with Crippen molar-refractivity contribution in [3.63, 3.8) is 0 Å². The summed E-state index contributed by atoms with van der Waals surface area (Å²) >= 11 is 0. The van der Waals surface area contributed by atoms with Crippen molar-refractivity contribution in [1.29, 1.82) is 0 Å². The van der Waals surface area contributed by atoms with Crippen molar-refractivity contribution in [2.24, 2.45) is 0 Å². The highest BCUT2D eigenvalue weighted by Gasteiger charge is 2.23. The van der Waals surface area contributed by atoms with E-state index in [1.165, 1.54) is 0 Å². The van der Waals surface area contributed by atoms with Crippen molar-refractivity contribution < 1.29 is 24.2 Å². The van der Waals surface area contributed by atoms with Crippen LogP contribution in [-0.2, 0) is 21.4 Å². The first-order valence-electron chi connectivity index (χ1n) is 12.0. The molecule has 186 valence electrons. The van der Waals surface area contributed by atoms with Crippen molar-refractivity contribution in [1.82, 2.24) is 0 Å². The SMILES string of the molecule is CCCCCC(CC(=O)Nc1cc(CC(=O)O)ccc1C(C)(C)C)c1ccc(OC)cc1OC. The van der Waals surface area contributed by atoms with Gasteiger partial charge in [0.1, 0.15) is 11.5 Å². The van der Waals surface area contributed by atoms with E-state index in [0.717, 1.165) is 36.8 Å². The molecule has 2 rings (SSSR count). The van der Waals surface area contributed by atoms with Crippen LogP contribution in [0.15, 0.2) is 36.4 Å². The number of anilines is 1. The molecule has 0 aliphatic heterocycles. The molecule has 0 saturated heterocycles. The molecule has 2 aromatic rings. The molecule has 0 fully saturated rings. The molecular formula is C28H39NO5. The maximum atomic E-state index is 13.3. The summed E-state index contributed by atoms with van der Waals surface area (Å²) < 4.78 is 11.0. The Balaban J connectivity index is 2.33. The van der Waals surface area contributed by atoms with Crippen LogP contribution in [0, 0.1) is 0 Å². The van der Waals surface area contributed by atoms with Crippen LogP contribution in [0.2, 0.25) is 0 Å². The minimum atomic E-state index is -0.900.